The summed E-state index contributed by atoms with van der Waals surface area (Å²) in [6.45, 7) is 6.06. The van der Waals surface area contributed by atoms with E-state index in [0.717, 1.165) is 12.1 Å². The highest BCUT2D eigenvalue weighted by molar-refractivity contribution is 5.28. The van der Waals surface area contributed by atoms with E-state index in [2.05, 4.69) is 19.1 Å². The molecule has 0 aliphatic heterocycles. The van der Waals surface area contributed by atoms with Gasteiger partial charge in [-0.3, -0.25) is 0 Å². The molecule has 0 atom stereocenters. The van der Waals surface area contributed by atoms with E-state index in [-0.39, 0.29) is 0 Å². The van der Waals surface area contributed by atoms with Crippen molar-refractivity contribution in [3.63, 3.8) is 0 Å². The first-order valence-corrected chi connectivity index (χ1v) is 4.08. The average Bonchev–Trinajstić information content (AvgIpc) is 2.20. The maximum atomic E-state index is 5.56. The van der Waals surface area contributed by atoms with E-state index >= 15 is 0 Å². The molecule has 0 aromatic heterocycles. The molecule has 0 aromatic carbocycles. The summed E-state index contributed by atoms with van der Waals surface area (Å²) in [5, 5.41) is 0. The smallest absolute Gasteiger partial charge is 0.0119 e. The van der Waals surface area contributed by atoms with E-state index in [1.165, 1.54) is 5.57 Å². The highest BCUT2D eigenvalue weighted by atomic mass is 14.6. The van der Waals surface area contributed by atoms with Gasteiger partial charge in [-0.25, -0.2) is 0 Å². The molecule has 0 heterocycles. The minimum Gasteiger partial charge on any atom is -0.402 e. The molecule has 1 aliphatic carbocycles. The quantitative estimate of drug-likeness (QED) is 0.566. The van der Waals surface area contributed by atoms with E-state index in [4.69, 9.17) is 5.73 Å². The minimum atomic E-state index is 0.883. The first-order chi connectivity index (χ1) is 5.29. The molecule has 0 bridgehead atoms. The fourth-order valence-electron chi connectivity index (χ4n) is 0.743. The van der Waals surface area contributed by atoms with Gasteiger partial charge < -0.3 is 5.73 Å². The van der Waals surface area contributed by atoms with E-state index < -0.39 is 0 Å². The van der Waals surface area contributed by atoms with E-state index in [9.17, 15) is 0 Å². The summed E-state index contributed by atoms with van der Waals surface area (Å²) < 4.78 is 0. The monoisotopic (exact) mass is 151 g/mol. The van der Waals surface area contributed by atoms with Crippen LogP contribution in [0.4, 0.5) is 0 Å². The van der Waals surface area contributed by atoms with E-state index in [0.29, 0.717) is 0 Å². The van der Waals surface area contributed by atoms with Crippen LogP contribution in [0.3, 0.4) is 0 Å². The Morgan fingerprint density at radius 2 is 1.91 bits per heavy atom. The van der Waals surface area contributed by atoms with Crippen molar-refractivity contribution in [1.29, 1.82) is 0 Å². The molecule has 0 fully saturated rings. The van der Waals surface area contributed by atoms with Crippen molar-refractivity contribution in [2.24, 2.45) is 5.73 Å². The molecule has 1 heteroatoms. The van der Waals surface area contributed by atoms with Gasteiger partial charge in [0.25, 0.3) is 0 Å². The van der Waals surface area contributed by atoms with Gasteiger partial charge in [0.05, 0.1) is 0 Å². The van der Waals surface area contributed by atoms with Crippen LogP contribution in [0, 0.1) is 0 Å². The zero-order chi connectivity index (χ0) is 8.69. The third-order valence-electron chi connectivity index (χ3n) is 1.29. The van der Waals surface area contributed by atoms with Crippen LogP contribution in [0.5, 0.6) is 0 Å². The standard InChI is InChI=1S/C8H11N.C2H6/c1-7-3-2-4-8(9)6-5-7;1-2/h2-3,5-6H,4,9H2,1H3;1-2H3. The van der Waals surface area contributed by atoms with Gasteiger partial charge in [0.15, 0.2) is 0 Å². The Bertz CT molecular complexity index is 185. The lowest BCUT2D eigenvalue weighted by Crippen LogP contribution is -1.92. The predicted octanol–water partition coefficient (Wildman–Crippen LogP) is 2.76. The summed E-state index contributed by atoms with van der Waals surface area (Å²) in [7, 11) is 0. The summed E-state index contributed by atoms with van der Waals surface area (Å²) in [4.78, 5) is 0. The second kappa shape index (κ2) is 5.78. The molecule has 1 rings (SSSR count). The molecule has 11 heavy (non-hydrogen) atoms. The van der Waals surface area contributed by atoms with Crippen molar-refractivity contribution in [3.8, 4) is 0 Å². The van der Waals surface area contributed by atoms with Crippen LogP contribution in [-0.4, -0.2) is 0 Å². The average molecular weight is 151 g/mol. The number of hydrogen-bond acceptors (Lipinski definition) is 1. The minimum absolute atomic E-state index is 0.883. The van der Waals surface area contributed by atoms with Crippen molar-refractivity contribution < 1.29 is 0 Å². The van der Waals surface area contributed by atoms with Crippen LogP contribution < -0.4 is 5.73 Å². The second-order valence-electron chi connectivity index (χ2n) is 2.26. The van der Waals surface area contributed by atoms with E-state index in [1.807, 2.05) is 26.0 Å². The Labute approximate surface area is 69.3 Å². The van der Waals surface area contributed by atoms with Gasteiger partial charge in [-0.15, -0.1) is 0 Å². The molecular formula is C10H17N. The van der Waals surface area contributed by atoms with Crippen LogP contribution in [0.1, 0.15) is 27.2 Å². The second-order valence-corrected chi connectivity index (χ2v) is 2.26. The number of nitrogens with two attached hydrogens (primary N) is 1. The molecule has 0 amide bonds. The maximum Gasteiger partial charge on any atom is 0.0119 e. The fraction of sp³-hybridized carbons (Fsp3) is 0.400. The highest BCUT2D eigenvalue weighted by Crippen LogP contribution is 2.05. The number of allylic oxidation sites excluding steroid dienone is 5. The van der Waals surface area contributed by atoms with Crippen molar-refractivity contribution in [1.82, 2.24) is 0 Å². The molecule has 1 nitrogen and oxygen atoms in total. The van der Waals surface area contributed by atoms with Crippen LogP contribution in [0.15, 0.2) is 35.6 Å². The van der Waals surface area contributed by atoms with Gasteiger partial charge in [-0.2, -0.15) is 0 Å². The highest BCUT2D eigenvalue weighted by Gasteiger charge is 1.88. The van der Waals surface area contributed by atoms with Crippen LogP contribution in [0.25, 0.3) is 0 Å². The van der Waals surface area contributed by atoms with Gasteiger partial charge in [0.2, 0.25) is 0 Å². The van der Waals surface area contributed by atoms with Gasteiger partial charge in [0.1, 0.15) is 0 Å². The van der Waals surface area contributed by atoms with Crippen molar-refractivity contribution in [3.05, 3.63) is 35.6 Å². The normalized spacial score (nSPS) is 15.5. The van der Waals surface area contributed by atoms with Crippen LogP contribution in [0.2, 0.25) is 0 Å². The number of rotatable bonds is 0. The predicted molar refractivity (Wildman–Crippen MR) is 51.1 cm³/mol. The van der Waals surface area contributed by atoms with Crippen molar-refractivity contribution >= 4 is 0 Å². The SMILES string of the molecule is CC.CC1=CC=C(N)CC=C1. The molecule has 0 spiro atoms. The Balaban J connectivity index is 0.000000461. The van der Waals surface area contributed by atoms with Gasteiger partial charge in [-0.05, 0) is 13.0 Å². The molecule has 0 saturated carbocycles. The van der Waals surface area contributed by atoms with Gasteiger partial charge in [-0.1, -0.05) is 37.6 Å². The number of hydrogen-bond donors (Lipinski definition) is 1. The lowest BCUT2D eigenvalue weighted by molar-refractivity contribution is 1.17. The molecule has 0 radical (unpaired) electrons. The molecule has 62 valence electrons. The van der Waals surface area contributed by atoms with Gasteiger partial charge in [0, 0.05) is 12.1 Å². The van der Waals surface area contributed by atoms with Gasteiger partial charge >= 0.3 is 0 Å². The molecule has 2 N–H and O–H groups in total. The summed E-state index contributed by atoms with van der Waals surface area (Å²) >= 11 is 0. The summed E-state index contributed by atoms with van der Waals surface area (Å²) in [5.74, 6) is 0. The molecular weight excluding hydrogens is 134 g/mol. The summed E-state index contributed by atoms with van der Waals surface area (Å²) in [5.41, 5.74) is 7.76. The lowest BCUT2D eigenvalue weighted by atomic mass is 10.3. The summed E-state index contributed by atoms with van der Waals surface area (Å²) in [6, 6.07) is 0. The first-order valence-electron chi connectivity index (χ1n) is 4.08. The first kappa shape index (κ1) is 10.0. The van der Waals surface area contributed by atoms with Crippen LogP contribution >= 0.6 is 0 Å². The van der Waals surface area contributed by atoms with Crippen molar-refractivity contribution in [2.45, 2.75) is 27.2 Å². The Morgan fingerprint density at radius 3 is 2.55 bits per heavy atom. The topological polar surface area (TPSA) is 26.0 Å². The molecule has 0 unspecified atom stereocenters. The fourth-order valence-corrected chi connectivity index (χ4v) is 0.743. The third kappa shape index (κ3) is 4.43. The zero-order valence-corrected chi connectivity index (χ0v) is 7.59. The zero-order valence-electron chi connectivity index (χ0n) is 7.59. The largest absolute Gasteiger partial charge is 0.402 e. The molecule has 0 aromatic rings. The third-order valence-corrected chi connectivity index (χ3v) is 1.29. The Morgan fingerprint density at radius 1 is 1.27 bits per heavy atom. The van der Waals surface area contributed by atoms with Crippen LogP contribution in [-0.2, 0) is 0 Å². The van der Waals surface area contributed by atoms with E-state index in [1.54, 1.807) is 0 Å². The Kier molecular flexibility index (Phi) is 5.26. The molecule has 1 aliphatic rings. The molecule has 0 saturated heterocycles. The summed E-state index contributed by atoms with van der Waals surface area (Å²) in [6.07, 6.45) is 9.02. The Hall–Kier alpha value is -0.980. The lowest BCUT2D eigenvalue weighted by Gasteiger charge is -1.87. The maximum absolute atomic E-state index is 5.56. The van der Waals surface area contributed by atoms with Crippen molar-refractivity contribution in [2.75, 3.05) is 0 Å².